The first-order chi connectivity index (χ1) is 7.24. The van der Waals surface area contributed by atoms with Crippen LogP contribution in [0, 0.1) is 17.1 Å². The maximum Gasteiger partial charge on any atom is 0.123 e. The molecule has 3 heteroatoms. The molecular weight excluding hydrogens is 209 g/mol. The second-order valence-electron chi connectivity index (χ2n) is 3.54. The highest BCUT2D eigenvalue weighted by Gasteiger charge is 2.32. The Labute approximate surface area is 92.6 Å². The zero-order chi connectivity index (χ0) is 10.7. The van der Waals surface area contributed by atoms with E-state index in [-0.39, 0.29) is 10.6 Å². The van der Waals surface area contributed by atoms with Crippen LogP contribution < -0.4 is 0 Å². The predicted molar refractivity (Wildman–Crippen MR) is 59.0 cm³/mol. The van der Waals surface area contributed by atoms with Crippen molar-refractivity contribution < 1.29 is 4.39 Å². The third-order valence-corrected chi connectivity index (χ3v) is 3.72. The van der Waals surface area contributed by atoms with Gasteiger partial charge < -0.3 is 0 Å². The molecule has 0 spiro atoms. The zero-order valence-electron chi connectivity index (χ0n) is 8.11. The minimum atomic E-state index is -0.377. The summed E-state index contributed by atoms with van der Waals surface area (Å²) < 4.78 is 12.3. The lowest BCUT2D eigenvalue weighted by molar-refractivity contribution is 0.626. The van der Waals surface area contributed by atoms with E-state index in [1.807, 2.05) is 12.2 Å². The molecule has 1 nitrogen and oxygen atoms in total. The van der Waals surface area contributed by atoms with Crippen LogP contribution in [-0.2, 0) is 0 Å². The second-order valence-corrected chi connectivity index (χ2v) is 5.00. The summed E-state index contributed by atoms with van der Waals surface area (Å²) in [4.78, 5) is 0.946. The molecule has 0 saturated heterocycles. The van der Waals surface area contributed by atoms with Gasteiger partial charge in [-0.05, 0) is 37.1 Å². The quantitative estimate of drug-likeness (QED) is 0.710. The Morgan fingerprint density at radius 1 is 1.20 bits per heavy atom. The summed E-state index contributed by atoms with van der Waals surface area (Å²) >= 11 is 1.52. The lowest BCUT2D eigenvalue weighted by atomic mass is 10.1. The molecule has 0 radical (unpaired) electrons. The molecule has 1 aliphatic carbocycles. The van der Waals surface area contributed by atoms with E-state index < -0.39 is 0 Å². The summed E-state index contributed by atoms with van der Waals surface area (Å²) in [5, 5.41) is 9.15. The topological polar surface area (TPSA) is 23.8 Å². The normalized spacial score (nSPS) is 17.6. The van der Waals surface area contributed by atoms with E-state index >= 15 is 0 Å². The smallest absolute Gasteiger partial charge is 0.123 e. The van der Waals surface area contributed by atoms with Gasteiger partial charge in [-0.25, -0.2) is 4.39 Å². The standard InChI is InChI=1S/C12H10FNS/c13-10-3-5-11(6-4-10)15-12(9-14)7-1-2-8-12/h1-6H,7-8H2. The molecule has 0 bridgehead atoms. The van der Waals surface area contributed by atoms with E-state index in [0.717, 1.165) is 17.7 Å². The van der Waals surface area contributed by atoms with Crippen molar-refractivity contribution in [3.63, 3.8) is 0 Å². The Kier molecular flexibility index (Phi) is 2.79. The highest BCUT2D eigenvalue weighted by Crippen LogP contribution is 2.41. The largest absolute Gasteiger partial charge is 0.207 e. The lowest BCUT2D eigenvalue weighted by Gasteiger charge is -2.19. The summed E-state index contributed by atoms with van der Waals surface area (Å²) in [6.07, 6.45) is 5.59. The van der Waals surface area contributed by atoms with Crippen molar-refractivity contribution in [2.75, 3.05) is 0 Å². The van der Waals surface area contributed by atoms with Crippen molar-refractivity contribution >= 4 is 11.8 Å². The van der Waals surface area contributed by atoms with E-state index in [4.69, 9.17) is 5.26 Å². The van der Waals surface area contributed by atoms with E-state index in [9.17, 15) is 4.39 Å². The SMILES string of the molecule is N#CC1(Sc2ccc(F)cc2)CC=CC1. The summed E-state index contributed by atoms with van der Waals surface area (Å²) in [6, 6.07) is 8.64. The molecule has 15 heavy (non-hydrogen) atoms. The molecule has 1 aromatic rings. The van der Waals surface area contributed by atoms with Crippen LogP contribution in [-0.4, -0.2) is 4.75 Å². The summed E-state index contributed by atoms with van der Waals surface area (Å²) in [5.74, 6) is -0.241. The van der Waals surface area contributed by atoms with Crippen molar-refractivity contribution in [2.45, 2.75) is 22.5 Å². The van der Waals surface area contributed by atoms with Crippen molar-refractivity contribution in [2.24, 2.45) is 0 Å². The van der Waals surface area contributed by atoms with Gasteiger partial charge in [-0.3, -0.25) is 0 Å². The fraction of sp³-hybridized carbons (Fsp3) is 0.250. The number of halogens is 1. The van der Waals surface area contributed by atoms with Gasteiger partial charge in [0.2, 0.25) is 0 Å². The van der Waals surface area contributed by atoms with Crippen LogP contribution >= 0.6 is 11.8 Å². The average molecular weight is 219 g/mol. The van der Waals surface area contributed by atoms with Gasteiger partial charge in [0, 0.05) is 4.90 Å². The fourth-order valence-corrected chi connectivity index (χ4v) is 2.68. The van der Waals surface area contributed by atoms with Crippen LogP contribution in [0.3, 0.4) is 0 Å². The number of rotatable bonds is 2. The first-order valence-corrected chi connectivity index (χ1v) is 5.57. The van der Waals surface area contributed by atoms with Crippen molar-refractivity contribution in [3.8, 4) is 6.07 Å². The van der Waals surface area contributed by atoms with E-state index in [1.165, 1.54) is 23.9 Å². The molecule has 0 amide bonds. The van der Waals surface area contributed by atoms with Gasteiger partial charge in [-0.1, -0.05) is 12.2 Å². The van der Waals surface area contributed by atoms with Crippen LogP contribution in [0.5, 0.6) is 0 Å². The molecule has 0 heterocycles. The van der Waals surface area contributed by atoms with Gasteiger partial charge in [0.1, 0.15) is 10.6 Å². The minimum Gasteiger partial charge on any atom is -0.207 e. The fourth-order valence-electron chi connectivity index (χ4n) is 1.56. The average Bonchev–Trinajstić information content (AvgIpc) is 2.71. The van der Waals surface area contributed by atoms with Gasteiger partial charge in [0.25, 0.3) is 0 Å². The number of nitrogens with zero attached hydrogens (tertiary/aromatic N) is 1. The van der Waals surface area contributed by atoms with Crippen LogP contribution in [0.25, 0.3) is 0 Å². The van der Waals surface area contributed by atoms with E-state index in [0.29, 0.717) is 0 Å². The molecule has 0 unspecified atom stereocenters. The molecular formula is C12H10FNS. The lowest BCUT2D eigenvalue weighted by Crippen LogP contribution is -2.16. The molecule has 0 aliphatic heterocycles. The molecule has 0 saturated carbocycles. The highest BCUT2D eigenvalue weighted by molar-refractivity contribution is 8.01. The number of nitriles is 1. The molecule has 0 aromatic heterocycles. The number of benzene rings is 1. The summed E-state index contributed by atoms with van der Waals surface area (Å²) in [6.45, 7) is 0. The Balaban J connectivity index is 2.14. The van der Waals surface area contributed by atoms with Crippen molar-refractivity contribution in [1.82, 2.24) is 0 Å². The van der Waals surface area contributed by atoms with Gasteiger partial charge in [-0.15, -0.1) is 11.8 Å². The molecule has 0 fully saturated rings. The molecule has 2 rings (SSSR count). The van der Waals surface area contributed by atoms with Crippen molar-refractivity contribution in [1.29, 1.82) is 5.26 Å². The molecule has 76 valence electrons. The number of hydrogen-bond donors (Lipinski definition) is 0. The highest BCUT2D eigenvalue weighted by atomic mass is 32.2. The Hall–Kier alpha value is -1.27. The van der Waals surface area contributed by atoms with Gasteiger partial charge >= 0.3 is 0 Å². The molecule has 0 N–H and O–H groups in total. The first kappa shape index (κ1) is 10.3. The number of allylic oxidation sites excluding steroid dienone is 2. The maximum atomic E-state index is 12.7. The van der Waals surface area contributed by atoms with Crippen LogP contribution in [0.4, 0.5) is 4.39 Å². The van der Waals surface area contributed by atoms with Crippen LogP contribution in [0.2, 0.25) is 0 Å². The van der Waals surface area contributed by atoms with E-state index in [2.05, 4.69) is 6.07 Å². The first-order valence-electron chi connectivity index (χ1n) is 4.75. The van der Waals surface area contributed by atoms with E-state index in [1.54, 1.807) is 12.1 Å². The molecule has 0 atom stereocenters. The second kappa shape index (κ2) is 4.08. The van der Waals surface area contributed by atoms with Crippen LogP contribution in [0.1, 0.15) is 12.8 Å². The monoisotopic (exact) mass is 219 g/mol. The number of thioether (sulfide) groups is 1. The van der Waals surface area contributed by atoms with Crippen molar-refractivity contribution in [3.05, 3.63) is 42.2 Å². The third kappa shape index (κ3) is 2.21. The summed E-state index contributed by atoms with van der Waals surface area (Å²) in [7, 11) is 0. The Morgan fingerprint density at radius 2 is 1.80 bits per heavy atom. The van der Waals surface area contributed by atoms with Gasteiger partial charge in [-0.2, -0.15) is 5.26 Å². The Morgan fingerprint density at radius 3 is 2.33 bits per heavy atom. The Bertz CT molecular complexity index is 408. The third-order valence-electron chi connectivity index (χ3n) is 2.39. The minimum absolute atomic E-state index is 0.241. The van der Waals surface area contributed by atoms with Gasteiger partial charge in [0.05, 0.1) is 6.07 Å². The summed E-state index contributed by atoms with van der Waals surface area (Å²) in [5.41, 5.74) is 0. The van der Waals surface area contributed by atoms with Gasteiger partial charge in [0.15, 0.2) is 0 Å². The predicted octanol–water partition coefficient (Wildman–Crippen LogP) is 3.53. The molecule has 1 aromatic carbocycles. The maximum absolute atomic E-state index is 12.7. The van der Waals surface area contributed by atoms with Crippen LogP contribution in [0.15, 0.2) is 41.3 Å². The number of hydrogen-bond acceptors (Lipinski definition) is 2. The molecule has 1 aliphatic rings. The zero-order valence-corrected chi connectivity index (χ0v) is 8.93.